The van der Waals surface area contributed by atoms with E-state index in [2.05, 4.69) is 9.72 Å². The first-order valence-corrected chi connectivity index (χ1v) is 4.54. The molecule has 0 saturated carbocycles. The molecule has 0 spiro atoms. The van der Waals surface area contributed by atoms with Gasteiger partial charge >= 0.3 is 5.97 Å². The number of nitrogen functional groups attached to an aromatic ring is 1. The number of nitrogens with two attached hydrogens (primary N) is 1. The Morgan fingerprint density at radius 1 is 1.71 bits per heavy atom. The predicted octanol–water partition coefficient (Wildman–Crippen LogP) is 1.19. The summed E-state index contributed by atoms with van der Waals surface area (Å²) in [5.41, 5.74) is 4.27. The van der Waals surface area contributed by atoms with Crippen LogP contribution in [-0.4, -0.2) is 18.1 Å². The summed E-state index contributed by atoms with van der Waals surface area (Å²) in [5.74, 6) is -0.623. The van der Waals surface area contributed by atoms with Crippen molar-refractivity contribution in [1.82, 2.24) is 4.98 Å². The van der Waals surface area contributed by atoms with Crippen molar-refractivity contribution in [3.63, 3.8) is 0 Å². The maximum Gasteiger partial charge on any atom is 0.311 e. The van der Waals surface area contributed by atoms with Crippen LogP contribution >= 0.6 is 0 Å². The van der Waals surface area contributed by atoms with Crippen LogP contribution in [0, 0.1) is 11.3 Å². The molecule has 0 aromatic carbocycles. The van der Waals surface area contributed by atoms with Crippen LogP contribution in [0.1, 0.15) is 23.4 Å². The number of methoxy groups -OCH3 is 1. The number of hydrogen-bond donors (Lipinski definition) is 1. The summed E-state index contributed by atoms with van der Waals surface area (Å²) in [4.78, 5) is 14.5. The number of rotatable bonds is 3. The Hall–Kier alpha value is -2.23. The van der Waals surface area contributed by atoms with E-state index in [-0.39, 0.29) is 23.4 Å². The number of aromatic nitrogens is 1. The zero-order valence-electron chi connectivity index (χ0n) is 8.91. The van der Waals surface area contributed by atoms with Crippen molar-refractivity contribution < 1.29 is 18.3 Å². The summed E-state index contributed by atoms with van der Waals surface area (Å²) in [6.07, 6.45) is -3.20. The number of ether oxygens (including phenoxy) is 1. The Balaban J connectivity index is 3.21. The Labute approximate surface area is 95.8 Å². The lowest BCUT2D eigenvalue weighted by Crippen LogP contribution is -2.10. The van der Waals surface area contributed by atoms with E-state index in [0.29, 0.717) is 0 Å². The van der Waals surface area contributed by atoms with Crippen LogP contribution in [0.2, 0.25) is 0 Å². The van der Waals surface area contributed by atoms with Gasteiger partial charge < -0.3 is 10.5 Å². The van der Waals surface area contributed by atoms with Crippen LogP contribution in [-0.2, 0) is 16.0 Å². The molecular weight excluding hydrogens is 232 g/mol. The van der Waals surface area contributed by atoms with Crippen LogP contribution in [0.5, 0.6) is 0 Å². The van der Waals surface area contributed by atoms with E-state index in [0.717, 1.165) is 0 Å². The van der Waals surface area contributed by atoms with Crippen molar-refractivity contribution in [2.75, 3.05) is 12.8 Å². The van der Waals surface area contributed by atoms with Crippen LogP contribution in [0.4, 0.5) is 14.5 Å². The molecule has 7 heteroatoms. The van der Waals surface area contributed by atoms with Gasteiger partial charge in [-0.25, -0.2) is 13.8 Å². The van der Waals surface area contributed by atoms with Gasteiger partial charge in [0.15, 0.2) is 0 Å². The molecule has 1 aromatic rings. The molecule has 5 nitrogen and oxygen atoms in total. The van der Waals surface area contributed by atoms with E-state index in [1.54, 1.807) is 6.07 Å². The molecule has 90 valence electrons. The second-order valence-corrected chi connectivity index (χ2v) is 3.13. The fraction of sp³-hybridized carbons (Fsp3) is 0.300. The van der Waals surface area contributed by atoms with Gasteiger partial charge in [-0.15, -0.1) is 0 Å². The molecule has 1 heterocycles. The maximum atomic E-state index is 12.6. The van der Waals surface area contributed by atoms with E-state index in [4.69, 9.17) is 11.0 Å². The minimum atomic E-state index is -2.93. The van der Waals surface area contributed by atoms with Crippen molar-refractivity contribution in [3.8, 4) is 6.07 Å². The highest BCUT2D eigenvalue weighted by Gasteiger charge is 2.19. The van der Waals surface area contributed by atoms with Gasteiger partial charge in [-0.3, -0.25) is 4.79 Å². The monoisotopic (exact) mass is 241 g/mol. The van der Waals surface area contributed by atoms with Crippen molar-refractivity contribution in [1.29, 1.82) is 5.26 Å². The number of nitriles is 1. The van der Waals surface area contributed by atoms with E-state index in [9.17, 15) is 13.6 Å². The lowest BCUT2D eigenvalue weighted by atomic mass is 10.1. The first kappa shape index (κ1) is 12.8. The number of alkyl halides is 2. The lowest BCUT2D eigenvalue weighted by Gasteiger charge is -2.08. The first-order chi connectivity index (χ1) is 7.99. The highest BCUT2D eigenvalue weighted by Crippen LogP contribution is 2.25. The molecule has 0 saturated heterocycles. The third-order valence-electron chi connectivity index (χ3n) is 2.00. The summed E-state index contributed by atoms with van der Waals surface area (Å²) < 4.78 is 29.6. The smallest absolute Gasteiger partial charge is 0.311 e. The topological polar surface area (TPSA) is 89.0 Å². The van der Waals surface area contributed by atoms with Crippen molar-refractivity contribution in [2.24, 2.45) is 0 Å². The number of hydrogen-bond acceptors (Lipinski definition) is 5. The third kappa shape index (κ3) is 2.87. The van der Waals surface area contributed by atoms with Crippen molar-refractivity contribution in [3.05, 3.63) is 23.0 Å². The van der Waals surface area contributed by atoms with Gasteiger partial charge in [0.1, 0.15) is 17.3 Å². The molecule has 0 amide bonds. The highest BCUT2D eigenvalue weighted by atomic mass is 19.3. The zero-order chi connectivity index (χ0) is 13.0. The Morgan fingerprint density at radius 2 is 2.35 bits per heavy atom. The molecule has 0 radical (unpaired) electrons. The summed E-state index contributed by atoms with van der Waals surface area (Å²) in [6.45, 7) is 0. The molecule has 1 rings (SSSR count). The minimum Gasteiger partial charge on any atom is -0.469 e. The second-order valence-electron chi connectivity index (χ2n) is 3.13. The fourth-order valence-electron chi connectivity index (χ4n) is 1.23. The number of esters is 1. The molecule has 0 unspecified atom stereocenters. The van der Waals surface area contributed by atoms with Crippen LogP contribution in [0.25, 0.3) is 0 Å². The molecule has 0 aliphatic carbocycles. The molecule has 0 aliphatic heterocycles. The Morgan fingerprint density at radius 3 is 2.82 bits per heavy atom. The minimum absolute atomic E-state index is 0.0450. The molecule has 0 aliphatic rings. The molecule has 17 heavy (non-hydrogen) atoms. The summed E-state index contributed by atoms with van der Waals surface area (Å²) in [7, 11) is 1.17. The molecular formula is C10H9F2N3O2. The fourth-order valence-corrected chi connectivity index (χ4v) is 1.23. The molecule has 0 fully saturated rings. The van der Waals surface area contributed by atoms with Crippen molar-refractivity contribution in [2.45, 2.75) is 12.8 Å². The Bertz CT molecular complexity index is 483. The SMILES string of the molecule is COC(=O)Cc1cc(N)c(C#N)c(C(F)F)n1. The van der Waals surface area contributed by atoms with E-state index in [1.165, 1.54) is 13.2 Å². The number of nitrogens with zero attached hydrogens (tertiary/aromatic N) is 2. The largest absolute Gasteiger partial charge is 0.469 e. The molecule has 1 aromatic heterocycles. The average Bonchev–Trinajstić information content (AvgIpc) is 2.28. The maximum absolute atomic E-state index is 12.6. The number of carbonyl (C=O) groups is 1. The number of halogens is 2. The Kier molecular flexibility index (Phi) is 3.93. The standard InChI is InChI=1S/C10H9F2N3O2/c1-17-8(16)3-5-2-7(14)6(4-13)9(15-5)10(11)12/h2,10H,3H2,1H3,(H2,14,15). The number of carbonyl (C=O) groups excluding carboxylic acids is 1. The second kappa shape index (κ2) is 5.21. The van der Waals surface area contributed by atoms with Crippen molar-refractivity contribution >= 4 is 11.7 Å². The van der Waals surface area contributed by atoms with E-state index in [1.807, 2.05) is 0 Å². The summed E-state index contributed by atoms with van der Waals surface area (Å²) in [6, 6.07) is 2.77. The highest BCUT2D eigenvalue weighted by molar-refractivity contribution is 5.72. The van der Waals surface area contributed by atoms with Gasteiger partial charge in [-0.05, 0) is 6.07 Å². The number of anilines is 1. The molecule has 0 atom stereocenters. The summed E-state index contributed by atoms with van der Waals surface area (Å²) in [5, 5.41) is 8.67. The van der Waals surface area contributed by atoms with Crippen LogP contribution in [0.3, 0.4) is 0 Å². The predicted molar refractivity (Wildman–Crippen MR) is 54.0 cm³/mol. The third-order valence-corrected chi connectivity index (χ3v) is 2.00. The van der Waals surface area contributed by atoms with E-state index < -0.39 is 18.1 Å². The van der Waals surface area contributed by atoms with Gasteiger partial charge in [0.05, 0.1) is 24.9 Å². The normalized spacial score (nSPS) is 10.1. The quantitative estimate of drug-likeness (QED) is 0.803. The lowest BCUT2D eigenvalue weighted by molar-refractivity contribution is -0.139. The van der Waals surface area contributed by atoms with Gasteiger partial charge in [0, 0.05) is 0 Å². The van der Waals surface area contributed by atoms with Crippen LogP contribution < -0.4 is 5.73 Å². The molecule has 2 N–H and O–H groups in total. The van der Waals surface area contributed by atoms with E-state index >= 15 is 0 Å². The van der Waals surface area contributed by atoms with Crippen LogP contribution in [0.15, 0.2) is 6.07 Å². The zero-order valence-corrected chi connectivity index (χ0v) is 8.91. The van der Waals surface area contributed by atoms with Gasteiger partial charge in [-0.1, -0.05) is 0 Å². The number of pyridine rings is 1. The van der Waals surface area contributed by atoms with Gasteiger partial charge in [-0.2, -0.15) is 5.26 Å². The molecule has 0 bridgehead atoms. The van der Waals surface area contributed by atoms with Gasteiger partial charge in [0.25, 0.3) is 6.43 Å². The van der Waals surface area contributed by atoms with Gasteiger partial charge in [0.2, 0.25) is 0 Å². The average molecular weight is 241 g/mol. The first-order valence-electron chi connectivity index (χ1n) is 4.54. The summed E-state index contributed by atoms with van der Waals surface area (Å²) >= 11 is 0.